The Morgan fingerprint density at radius 1 is 1.64 bits per heavy atom. The Hall–Kier alpha value is -0.830. The van der Waals surface area contributed by atoms with Gasteiger partial charge in [0.25, 0.3) is 0 Å². The molecular formula is C11H18N2O. The Labute approximate surface area is 84.7 Å². The van der Waals surface area contributed by atoms with Crippen molar-refractivity contribution in [2.24, 2.45) is 5.92 Å². The molecule has 0 atom stereocenters. The molecule has 0 saturated heterocycles. The third kappa shape index (κ3) is 1.46. The summed E-state index contributed by atoms with van der Waals surface area (Å²) >= 11 is 0. The molecule has 0 aliphatic heterocycles. The molecule has 0 amide bonds. The second kappa shape index (κ2) is 3.39. The largest absolute Gasteiger partial charge is 0.384 e. The maximum absolute atomic E-state index is 10.3. The van der Waals surface area contributed by atoms with Crippen molar-refractivity contribution in [3.8, 4) is 0 Å². The topological polar surface area (TPSA) is 38.0 Å². The lowest BCUT2D eigenvalue weighted by Gasteiger charge is -2.42. The molecule has 78 valence electrons. The summed E-state index contributed by atoms with van der Waals surface area (Å²) in [5.74, 6) is 0.643. The lowest BCUT2D eigenvalue weighted by Crippen LogP contribution is -2.41. The monoisotopic (exact) mass is 194 g/mol. The molecule has 1 aromatic heterocycles. The molecule has 0 unspecified atom stereocenters. The zero-order valence-electron chi connectivity index (χ0n) is 8.90. The number of hydrogen-bond acceptors (Lipinski definition) is 2. The molecule has 3 heteroatoms. The molecule has 1 aromatic rings. The third-order valence-corrected chi connectivity index (χ3v) is 3.00. The van der Waals surface area contributed by atoms with Crippen molar-refractivity contribution in [1.29, 1.82) is 0 Å². The van der Waals surface area contributed by atoms with Crippen LogP contribution >= 0.6 is 0 Å². The van der Waals surface area contributed by atoms with Crippen molar-refractivity contribution >= 4 is 0 Å². The summed E-state index contributed by atoms with van der Waals surface area (Å²) in [5.41, 5.74) is 0.405. The van der Waals surface area contributed by atoms with E-state index >= 15 is 0 Å². The van der Waals surface area contributed by atoms with Crippen LogP contribution in [0.5, 0.6) is 0 Å². The van der Waals surface area contributed by atoms with E-state index in [0.29, 0.717) is 5.92 Å². The smallest absolute Gasteiger partial charge is 0.107 e. The van der Waals surface area contributed by atoms with Crippen molar-refractivity contribution in [1.82, 2.24) is 9.78 Å². The van der Waals surface area contributed by atoms with Crippen LogP contribution in [-0.2, 0) is 12.1 Å². The Bertz CT molecular complexity index is 313. The molecule has 0 aromatic carbocycles. The SMILES string of the molecule is CCCn1nccc1C1(O)CC(C)C1. The van der Waals surface area contributed by atoms with E-state index in [9.17, 15) is 5.11 Å². The highest BCUT2D eigenvalue weighted by Crippen LogP contribution is 2.45. The van der Waals surface area contributed by atoms with E-state index < -0.39 is 5.60 Å². The Morgan fingerprint density at radius 2 is 2.36 bits per heavy atom. The van der Waals surface area contributed by atoms with E-state index in [4.69, 9.17) is 0 Å². The van der Waals surface area contributed by atoms with E-state index in [1.54, 1.807) is 6.20 Å². The van der Waals surface area contributed by atoms with Crippen LogP contribution < -0.4 is 0 Å². The molecule has 1 saturated carbocycles. The molecule has 1 N–H and O–H groups in total. The van der Waals surface area contributed by atoms with Gasteiger partial charge in [-0.3, -0.25) is 4.68 Å². The lowest BCUT2D eigenvalue weighted by molar-refractivity contribution is -0.0805. The number of aryl methyl sites for hydroxylation is 1. The summed E-state index contributed by atoms with van der Waals surface area (Å²) < 4.78 is 1.94. The minimum Gasteiger partial charge on any atom is -0.384 e. The Balaban J connectivity index is 2.19. The molecule has 1 aliphatic carbocycles. The van der Waals surface area contributed by atoms with Crippen LogP contribution in [0.1, 0.15) is 38.8 Å². The van der Waals surface area contributed by atoms with Crippen LogP contribution in [0.15, 0.2) is 12.3 Å². The molecule has 3 nitrogen and oxygen atoms in total. The standard InChI is InChI=1S/C11H18N2O/c1-3-6-13-10(4-5-12-13)11(14)7-9(2)8-11/h4-5,9,14H,3,6-8H2,1-2H3. The first-order valence-corrected chi connectivity index (χ1v) is 5.40. The Kier molecular flexibility index (Phi) is 2.35. The number of nitrogens with zero attached hydrogens (tertiary/aromatic N) is 2. The van der Waals surface area contributed by atoms with Gasteiger partial charge in [-0.15, -0.1) is 0 Å². The average Bonchev–Trinajstić information content (AvgIpc) is 2.51. The first-order chi connectivity index (χ1) is 6.65. The van der Waals surface area contributed by atoms with Crippen LogP contribution in [0, 0.1) is 5.92 Å². The van der Waals surface area contributed by atoms with Gasteiger partial charge in [0.1, 0.15) is 5.60 Å². The fraction of sp³-hybridized carbons (Fsp3) is 0.727. The van der Waals surface area contributed by atoms with Gasteiger partial charge < -0.3 is 5.11 Å². The zero-order valence-corrected chi connectivity index (χ0v) is 8.90. The highest BCUT2D eigenvalue weighted by molar-refractivity contribution is 5.16. The summed E-state index contributed by atoms with van der Waals surface area (Å²) in [5, 5.41) is 14.5. The zero-order chi connectivity index (χ0) is 10.2. The molecular weight excluding hydrogens is 176 g/mol. The van der Waals surface area contributed by atoms with E-state index in [1.165, 1.54) is 0 Å². The second-order valence-corrected chi connectivity index (χ2v) is 4.48. The van der Waals surface area contributed by atoms with Gasteiger partial charge in [0.05, 0.1) is 5.69 Å². The van der Waals surface area contributed by atoms with Gasteiger partial charge in [0.15, 0.2) is 0 Å². The summed E-state index contributed by atoms with van der Waals surface area (Å²) in [6, 6.07) is 1.95. The summed E-state index contributed by atoms with van der Waals surface area (Å²) in [6.07, 6.45) is 4.59. The number of aromatic nitrogens is 2. The van der Waals surface area contributed by atoms with Crippen LogP contribution in [-0.4, -0.2) is 14.9 Å². The van der Waals surface area contributed by atoms with E-state index in [2.05, 4.69) is 18.9 Å². The van der Waals surface area contributed by atoms with Crippen LogP contribution in [0.3, 0.4) is 0 Å². The van der Waals surface area contributed by atoms with E-state index in [-0.39, 0.29) is 0 Å². The normalized spacial score (nSPS) is 31.5. The van der Waals surface area contributed by atoms with Crippen molar-refractivity contribution in [2.45, 2.75) is 45.3 Å². The molecule has 0 radical (unpaired) electrons. The molecule has 14 heavy (non-hydrogen) atoms. The van der Waals surface area contributed by atoms with Crippen LogP contribution in [0.2, 0.25) is 0 Å². The predicted octanol–water partition coefficient (Wildman–Crippen LogP) is 1.91. The molecule has 1 fully saturated rings. The first-order valence-electron chi connectivity index (χ1n) is 5.40. The maximum Gasteiger partial charge on any atom is 0.107 e. The van der Waals surface area contributed by atoms with Gasteiger partial charge in [-0.25, -0.2) is 0 Å². The predicted molar refractivity (Wildman–Crippen MR) is 54.8 cm³/mol. The van der Waals surface area contributed by atoms with E-state index in [1.807, 2.05) is 10.7 Å². The van der Waals surface area contributed by atoms with Crippen LogP contribution in [0.25, 0.3) is 0 Å². The lowest BCUT2D eigenvalue weighted by atomic mass is 9.70. The van der Waals surface area contributed by atoms with Crippen molar-refractivity contribution in [3.05, 3.63) is 18.0 Å². The number of rotatable bonds is 3. The molecule has 0 bridgehead atoms. The maximum atomic E-state index is 10.3. The molecule has 0 spiro atoms. The fourth-order valence-corrected chi connectivity index (χ4v) is 2.42. The van der Waals surface area contributed by atoms with Crippen molar-refractivity contribution in [2.75, 3.05) is 0 Å². The van der Waals surface area contributed by atoms with Gasteiger partial charge in [-0.1, -0.05) is 13.8 Å². The minimum absolute atomic E-state index is 0.592. The van der Waals surface area contributed by atoms with Crippen molar-refractivity contribution < 1.29 is 5.11 Å². The minimum atomic E-state index is -0.592. The summed E-state index contributed by atoms with van der Waals surface area (Å²) in [6.45, 7) is 5.20. The average molecular weight is 194 g/mol. The number of aliphatic hydroxyl groups is 1. The highest BCUT2D eigenvalue weighted by atomic mass is 16.3. The van der Waals surface area contributed by atoms with Gasteiger partial charge >= 0.3 is 0 Å². The molecule has 1 aliphatic rings. The summed E-state index contributed by atoms with van der Waals surface area (Å²) in [4.78, 5) is 0. The fourth-order valence-electron chi connectivity index (χ4n) is 2.42. The van der Waals surface area contributed by atoms with Gasteiger partial charge in [-0.2, -0.15) is 5.10 Å². The number of hydrogen-bond donors (Lipinski definition) is 1. The van der Waals surface area contributed by atoms with Crippen molar-refractivity contribution in [3.63, 3.8) is 0 Å². The quantitative estimate of drug-likeness (QED) is 0.798. The van der Waals surface area contributed by atoms with Gasteiger partial charge in [0.2, 0.25) is 0 Å². The van der Waals surface area contributed by atoms with Crippen LogP contribution in [0.4, 0.5) is 0 Å². The second-order valence-electron chi connectivity index (χ2n) is 4.48. The first kappa shape index (κ1) is 9.71. The molecule has 2 rings (SSSR count). The summed E-state index contributed by atoms with van der Waals surface area (Å²) in [7, 11) is 0. The van der Waals surface area contributed by atoms with E-state index in [0.717, 1.165) is 31.5 Å². The van der Waals surface area contributed by atoms with Gasteiger partial charge in [-0.05, 0) is 31.2 Å². The highest BCUT2D eigenvalue weighted by Gasteiger charge is 2.43. The Morgan fingerprint density at radius 3 is 2.93 bits per heavy atom. The third-order valence-electron chi connectivity index (χ3n) is 3.00. The van der Waals surface area contributed by atoms with Gasteiger partial charge in [0, 0.05) is 12.7 Å². The molecule has 1 heterocycles.